The second-order valence-corrected chi connectivity index (χ2v) is 5.61. The van der Waals surface area contributed by atoms with Gasteiger partial charge in [-0.15, -0.1) is 0 Å². The van der Waals surface area contributed by atoms with E-state index in [1.165, 1.54) is 6.08 Å². The highest BCUT2D eigenvalue weighted by Gasteiger charge is 2.13. The van der Waals surface area contributed by atoms with E-state index in [-0.39, 0.29) is 6.04 Å². The molecule has 0 amide bonds. The monoisotopic (exact) mass is 322 g/mol. The molecule has 1 aromatic heterocycles. The van der Waals surface area contributed by atoms with E-state index < -0.39 is 5.97 Å². The number of benzene rings is 1. The molecule has 0 unspecified atom stereocenters. The van der Waals surface area contributed by atoms with Crippen LogP contribution in [0.3, 0.4) is 0 Å². The largest absolute Gasteiger partial charge is 0.478 e. The van der Waals surface area contributed by atoms with Crippen molar-refractivity contribution in [3.05, 3.63) is 34.1 Å². The summed E-state index contributed by atoms with van der Waals surface area (Å²) in [7, 11) is 0. The first kappa shape index (κ1) is 13.8. The zero-order valence-electron chi connectivity index (χ0n) is 11.0. The first-order chi connectivity index (χ1) is 8.90. The summed E-state index contributed by atoms with van der Waals surface area (Å²) in [6.07, 6.45) is 2.65. The molecule has 0 fully saturated rings. The van der Waals surface area contributed by atoms with Crippen molar-refractivity contribution in [2.45, 2.75) is 26.8 Å². The third-order valence-electron chi connectivity index (χ3n) is 2.87. The van der Waals surface area contributed by atoms with Gasteiger partial charge in [-0.05, 0) is 44.5 Å². The van der Waals surface area contributed by atoms with E-state index in [9.17, 15) is 4.79 Å². The lowest BCUT2D eigenvalue weighted by Crippen LogP contribution is -2.03. The minimum absolute atomic E-state index is 0.201. The molecule has 0 aliphatic carbocycles. The summed E-state index contributed by atoms with van der Waals surface area (Å²) in [6.45, 7) is 6.10. The normalized spacial score (nSPS) is 11.8. The van der Waals surface area contributed by atoms with Gasteiger partial charge in [0.2, 0.25) is 0 Å². The molecule has 0 aliphatic heterocycles. The standard InChI is InChI=1S/C14H15BrN2O2/c1-8(2)17-11-7-10(15)6-9(3)14(11)16-12(17)4-5-13(18)19/h4-8H,1-3H3,(H,18,19)/b5-4+. The number of carbonyl (C=O) groups is 1. The average molecular weight is 323 g/mol. The van der Waals surface area contributed by atoms with Gasteiger partial charge in [-0.25, -0.2) is 9.78 Å². The Morgan fingerprint density at radius 2 is 2.16 bits per heavy atom. The van der Waals surface area contributed by atoms with Gasteiger partial charge >= 0.3 is 5.97 Å². The van der Waals surface area contributed by atoms with Crippen molar-refractivity contribution in [1.82, 2.24) is 9.55 Å². The van der Waals surface area contributed by atoms with Crippen LogP contribution in [0.2, 0.25) is 0 Å². The molecule has 0 atom stereocenters. The van der Waals surface area contributed by atoms with E-state index in [0.29, 0.717) is 5.82 Å². The minimum Gasteiger partial charge on any atom is -0.478 e. The Morgan fingerprint density at radius 1 is 1.47 bits per heavy atom. The summed E-state index contributed by atoms with van der Waals surface area (Å²) in [4.78, 5) is 15.2. The third-order valence-corrected chi connectivity index (χ3v) is 3.33. The van der Waals surface area contributed by atoms with E-state index in [1.807, 2.05) is 23.6 Å². The van der Waals surface area contributed by atoms with E-state index in [4.69, 9.17) is 5.11 Å². The Balaban J connectivity index is 2.74. The zero-order chi connectivity index (χ0) is 14.2. The highest BCUT2D eigenvalue weighted by molar-refractivity contribution is 9.10. The van der Waals surface area contributed by atoms with Crippen LogP contribution < -0.4 is 0 Å². The number of aliphatic carboxylic acids is 1. The lowest BCUT2D eigenvalue weighted by molar-refractivity contribution is -0.131. The van der Waals surface area contributed by atoms with Crippen molar-refractivity contribution in [3.63, 3.8) is 0 Å². The number of rotatable bonds is 3. The molecule has 5 heteroatoms. The molecule has 0 radical (unpaired) electrons. The Labute approximate surface area is 119 Å². The number of aryl methyl sites for hydroxylation is 1. The van der Waals surface area contributed by atoms with E-state index >= 15 is 0 Å². The van der Waals surface area contributed by atoms with Crippen LogP contribution in [-0.2, 0) is 4.79 Å². The maximum Gasteiger partial charge on any atom is 0.328 e. The Kier molecular flexibility index (Phi) is 3.75. The quantitative estimate of drug-likeness (QED) is 0.875. The highest BCUT2D eigenvalue weighted by atomic mass is 79.9. The Morgan fingerprint density at radius 3 is 2.74 bits per heavy atom. The number of carboxylic acids is 1. The lowest BCUT2D eigenvalue weighted by atomic mass is 10.2. The first-order valence-corrected chi connectivity index (χ1v) is 6.78. The molecule has 2 aromatic rings. The van der Waals surface area contributed by atoms with E-state index in [2.05, 4.69) is 34.8 Å². The Bertz CT molecular complexity index is 672. The van der Waals surface area contributed by atoms with Crippen molar-refractivity contribution in [1.29, 1.82) is 0 Å². The molecule has 0 aliphatic rings. The number of imidazole rings is 1. The van der Waals surface area contributed by atoms with Crippen molar-refractivity contribution >= 4 is 39.0 Å². The van der Waals surface area contributed by atoms with Crippen LogP contribution >= 0.6 is 15.9 Å². The van der Waals surface area contributed by atoms with Crippen LogP contribution in [-0.4, -0.2) is 20.6 Å². The van der Waals surface area contributed by atoms with Gasteiger partial charge in [0.15, 0.2) is 0 Å². The number of halogens is 1. The van der Waals surface area contributed by atoms with Crippen LogP contribution in [0, 0.1) is 6.92 Å². The zero-order valence-corrected chi connectivity index (χ0v) is 12.6. The Hall–Kier alpha value is -1.62. The summed E-state index contributed by atoms with van der Waals surface area (Å²) in [5.41, 5.74) is 2.97. The summed E-state index contributed by atoms with van der Waals surface area (Å²) in [5, 5.41) is 8.75. The van der Waals surface area contributed by atoms with Crippen molar-refractivity contribution in [3.8, 4) is 0 Å². The molecule has 1 N–H and O–H groups in total. The van der Waals surface area contributed by atoms with Gasteiger partial charge in [-0.3, -0.25) is 0 Å². The summed E-state index contributed by atoms with van der Waals surface area (Å²) in [5.74, 6) is -0.311. The van der Waals surface area contributed by atoms with Gasteiger partial charge < -0.3 is 9.67 Å². The fourth-order valence-electron chi connectivity index (χ4n) is 2.14. The molecular formula is C14H15BrN2O2. The molecule has 19 heavy (non-hydrogen) atoms. The number of hydrogen-bond acceptors (Lipinski definition) is 2. The van der Waals surface area contributed by atoms with Crippen LogP contribution in [0.4, 0.5) is 0 Å². The third kappa shape index (κ3) is 2.71. The number of carboxylic acid groups (broad SMARTS) is 1. The fraction of sp³-hybridized carbons (Fsp3) is 0.286. The second kappa shape index (κ2) is 5.17. The van der Waals surface area contributed by atoms with E-state index in [1.54, 1.807) is 0 Å². The van der Waals surface area contributed by atoms with Crippen LogP contribution in [0.5, 0.6) is 0 Å². The number of nitrogens with zero attached hydrogens (tertiary/aromatic N) is 2. The smallest absolute Gasteiger partial charge is 0.328 e. The van der Waals surface area contributed by atoms with Gasteiger partial charge in [-0.1, -0.05) is 15.9 Å². The summed E-state index contributed by atoms with van der Waals surface area (Å²) < 4.78 is 3.03. The van der Waals surface area contributed by atoms with Crippen LogP contribution in [0.15, 0.2) is 22.7 Å². The molecule has 4 nitrogen and oxygen atoms in total. The predicted molar refractivity (Wildman–Crippen MR) is 79.2 cm³/mol. The van der Waals surface area contributed by atoms with E-state index in [0.717, 1.165) is 27.1 Å². The molecule has 0 bridgehead atoms. The number of hydrogen-bond donors (Lipinski definition) is 1. The second-order valence-electron chi connectivity index (χ2n) is 4.70. The van der Waals surface area contributed by atoms with Gasteiger partial charge in [-0.2, -0.15) is 0 Å². The van der Waals surface area contributed by atoms with Gasteiger partial charge in [0, 0.05) is 16.6 Å². The maximum atomic E-state index is 10.7. The summed E-state index contributed by atoms with van der Waals surface area (Å²) >= 11 is 3.48. The first-order valence-electron chi connectivity index (χ1n) is 5.99. The average Bonchev–Trinajstić information content (AvgIpc) is 2.64. The highest BCUT2D eigenvalue weighted by Crippen LogP contribution is 2.27. The van der Waals surface area contributed by atoms with Gasteiger partial charge in [0.05, 0.1) is 11.0 Å². The number of fused-ring (bicyclic) bond motifs is 1. The van der Waals surface area contributed by atoms with Crippen LogP contribution in [0.1, 0.15) is 31.3 Å². The topological polar surface area (TPSA) is 55.1 Å². The van der Waals surface area contributed by atoms with Crippen molar-refractivity contribution in [2.24, 2.45) is 0 Å². The molecule has 0 saturated heterocycles. The molecule has 2 rings (SSSR count). The summed E-state index contributed by atoms with van der Waals surface area (Å²) in [6, 6.07) is 4.21. The fourth-order valence-corrected chi connectivity index (χ4v) is 2.71. The van der Waals surface area contributed by atoms with Crippen LogP contribution in [0.25, 0.3) is 17.1 Å². The molecule has 0 saturated carbocycles. The molecule has 100 valence electrons. The SMILES string of the molecule is Cc1cc(Br)cc2c1nc(/C=C/C(=O)O)n2C(C)C. The molecular weight excluding hydrogens is 308 g/mol. The molecule has 1 heterocycles. The van der Waals surface area contributed by atoms with Gasteiger partial charge in [0.1, 0.15) is 5.82 Å². The number of aromatic nitrogens is 2. The van der Waals surface area contributed by atoms with Crippen molar-refractivity contribution < 1.29 is 9.90 Å². The minimum atomic E-state index is -0.972. The molecule has 1 aromatic carbocycles. The van der Waals surface area contributed by atoms with Crippen molar-refractivity contribution in [2.75, 3.05) is 0 Å². The predicted octanol–water partition coefficient (Wildman–Crippen LogP) is 3.79. The molecule has 0 spiro atoms. The van der Waals surface area contributed by atoms with Gasteiger partial charge in [0.25, 0.3) is 0 Å². The lowest BCUT2D eigenvalue weighted by Gasteiger charge is -2.11. The maximum absolute atomic E-state index is 10.7.